The van der Waals surface area contributed by atoms with E-state index >= 15 is 0 Å². The number of hydrogen-bond donors (Lipinski definition) is 2. The second kappa shape index (κ2) is 8.06. The highest BCUT2D eigenvalue weighted by Gasteiger charge is 2.51. The lowest BCUT2D eigenvalue weighted by molar-refractivity contribution is -0.128. The number of amides is 2. The van der Waals surface area contributed by atoms with Crippen LogP contribution in [0.1, 0.15) is 60.3 Å². The van der Waals surface area contributed by atoms with Crippen LogP contribution in [0, 0.1) is 24.7 Å². The van der Waals surface area contributed by atoms with Crippen molar-refractivity contribution in [2.75, 3.05) is 0 Å². The number of benzene rings is 1. The van der Waals surface area contributed by atoms with Crippen molar-refractivity contribution >= 4 is 11.8 Å². The first-order valence-electron chi connectivity index (χ1n) is 11.4. The van der Waals surface area contributed by atoms with E-state index in [0.29, 0.717) is 6.42 Å². The molecule has 1 aromatic carbocycles. The summed E-state index contributed by atoms with van der Waals surface area (Å²) in [7, 11) is 0. The van der Waals surface area contributed by atoms with E-state index in [1.807, 2.05) is 37.3 Å². The van der Waals surface area contributed by atoms with Crippen molar-refractivity contribution in [1.82, 2.24) is 20.6 Å². The van der Waals surface area contributed by atoms with Crippen molar-refractivity contribution < 1.29 is 9.59 Å². The molecule has 1 unspecified atom stereocenters. The topological polar surface area (TPSA) is 84.0 Å². The molecule has 4 aliphatic carbocycles. The van der Waals surface area contributed by atoms with Crippen LogP contribution in [-0.2, 0) is 11.2 Å². The Hall–Kier alpha value is -2.76. The van der Waals surface area contributed by atoms with Gasteiger partial charge in [-0.05, 0) is 68.8 Å². The van der Waals surface area contributed by atoms with Crippen LogP contribution >= 0.6 is 0 Å². The van der Waals surface area contributed by atoms with Gasteiger partial charge < -0.3 is 10.6 Å². The Kier molecular flexibility index (Phi) is 5.24. The third-order valence-corrected chi connectivity index (χ3v) is 7.34. The summed E-state index contributed by atoms with van der Waals surface area (Å²) in [5.74, 6) is 1.79. The lowest BCUT2D eigenvalue weighted by Crippen LogP contribution is -2.63. The zero-order valence-electron chi connectivity index (χ0n) is 18.0. The van der Waals surface area contributed by atoms with Gasteiger partial charge in [0, 0.05) is 18.2 Å². The Balaban J connectivity index is 1.34. The Morgan fingerprint density at radius 1 is 1.00 bits per heavy atom. The minimum absolute atomic E-state index is 0.0841. The summed E-state index contributed by atoms with van der Waals surface area (Å²) in [5, 5.41) is 6.35. The summed E-state index contributed by atoms with van der Waals surface area (Å²) < 4.78 is 0. The average molecular weight is 419 g/mol. The molecule has 2 aromatic rings. The van der Waals surface area contributed by atoms with E-state index in [4.69, 9.17) is 0 Å². The van der Waals surface area contributed by atoms with Gasteiger partial charge in [-0.25, -0.2) is 4.98 Å². The van der Waals surface area contributed by atoms with E-state index in [1.165, 1.54) is 25.5 Å². The molecule has 4 bridgehead atoms. The van der Waals surface area contributed by atoms with Gasteiger partial charge in [0.15, 0.2) is 0 Å². The fourth-order valence-corrected chi connectivity index (χ4v) is 6.41. The van der Waals surface area contributed by atoms with E-state index in [2.05, 4.69) is 20.6 Å². The van der Waals surface area contributed by atoms with Crippen LogP contribution in [0.25, 0.3) is 0 Å². The second-order valence-corrected chi connectivity index (χ2v) is 9.95. The van der Waals surface area contributed by atoms with Crippen LogP contribution < -0.4 is 10.6 Å². The highest BCUT2D eigenvalue weighted by Crippen LogP contribution is 2.55. The molecule has 6 heteroatoms. The molecular formula is C25H30N4O2. The third-order valence-electron chi connectivity index (χ3n) is 7.34. The minimum Gasteiger partial charge on any atom is -0.349 e. The van der Waals surface area contributed by atoms with Gasteiger partial charge in [-0.15, -0.1) is 0 Å². The highest BCUT2D eigenvalue weighted by atomic mass is 16.2. The summed E-state index contributed by atoms with van der Waals surface area (Å²) in [4.78, 5) is 34.7. The number of carbonyl (C=O) groups excluding carboxylic acids is 2. The molecule has 0 spiro atoms. The van der Waals surface area contributed by atoms with E-state index in [1.54, 1.807) is 6.20 Å². The van der Waals surface area contributed by atoms with E-state index < -0.39 is 6.04 Å². The molecule has 4 saturated carbocycles. The molecule has 0 saturated heterocycles. The zero-order valence-corrected chi connectivity index (χ0v) is 18.0. The number of aryl methyl sites for hydroxylation is 1. The normalized spacial score (nSPS) is 29.4. The molecule has 6 nitrogen and oxygen atoms in total. The first kappa shape index (κ1) is 20.2. The third kappa shape index (κ3) is 4.34. The van der Waals surface area contributed by atoms with Crippen molar-refractivity contribution in [3.8, 4) is 0 Å². The molecule has 6 rings (SSSR count). The first-order valence-corrected chi connectivity index (χ1v) is 11.4. The smallest absolute Gasteiger partial charge is 0.272 e. The molecule has 2 N–H and O–H groups in total. The number of carbonyl (C=O) groups is 2. The lowest BCUT2D eigenvalue weighted by Gasteiger charge is -2.57. The van der Waals surface area contributed by atoms with Crippen LogP contribution in [-0.4, -0.2) is 33.4 Å². The van der Waals surface area contributed by atoms with Crippen LogP contribution in [0.15, 0.2) is 42.7 Å². The number of hydrogen-bond acceptors (Lipinski definition) is 4. The monoisotopic (exact) mass is 418 g/mol. The van der Waals surface area contributed by atoms with E-state index in [9.17, 15) is 9.59 Å². The molecule has 31 heavy (non-hydrogen) atoms. The Bertz CT molecular complexity index is 922. The van der Waals surface area contributed by atoms with Gasteiger partial charge in [0.2, 0.25) is 5.91 Å². The van der Waals surface area contributed by atoms with Crippen molar-refractivity contribution in [2.45, 2.75) is 63.5 Å². The first-order chi connectivity index (χ1) is 15.0. The van der Waals surface area contributed by atoms with E-state index in [0.717, 1.165) is 48.3 Å². The van der Waals surface area contributed by atoms with Gasteiger partial charge in [0.1, 0.15) is 11.7 Å². The fourth-order valence-electron chi connectivity index (χ4n) is 6.41. The summed E-state index contributed by atoms with van der Waals surface area (Å²) in [6.07, 6.45) is 10.7. The van der Waals surface area contributed by atoms with Gasteiger partial charge in [-0.1, -0.05) is 30.3 Å². The standard InChI is InChI=1S/C25H30N4O2/c1-16-14-27-22(15-26-16)23(30)28-21(10-17-5-3-2-4-6-17)24(31)29-25-11-18-7-19(12-25)9-20(8-18)13-25/h2-6,14-15,18-21H,7-13H2,1H3,(H,28,30)(H,29,31). The highest BCUT2D eigenvalue weighted by molar-refractivity contribution is 5.96. The Morgan fingerprint density at radius 2 is 1.65 bits per heavy atom. The van der Waals surface area contributed by atoms with Crippen LogP contribution in [0.5, 0.6) is 0 Å². The summed E-state index contributed by atoms with van der Waals surface area (Å²) >= 11 is 0. The molecular weight excluding hydrogens is 388 g/mol. The zero-order chi connectivity index (χ0) is 21.4. The van der Waals surface area contributed by atoms with Gasteiger partial charge in [0.25, 0.3) is 5.91 Å². The minimum atomic E-state index is -0.647. The summed E-state index contributed by atoms with van der Waals surface area (Å²) in [5.41, 5.74) is 1.90. The number of aromatic nitrogens is 2. The van der Waals surface area contributed by atoms with Crippen molar-refractivity contribution in [3.05, 3.63) is 59.7 Å². The van der Waals surface area contributed by atoms with Crippen LogP contribution in [0.2, 0.25) is 0 Å². The molecule has 0 aliphatic heterocycles. The van der Waals surface area contributed by atoms with Crippen molar-refractivity contribution in [2.24, 2.45) is 17.8 Å². The number of nitrogens with zero attached hydrogens (tertiary/aromatic N) is 2. The quantitative estimate of drug-likeness (QED) is 0.755. The molecule has 2 amide bonds. The van der Waals surface area contributed by atoms with Gasteiger partial charge in [-0.3, -0.25) is 14.6 Å². The molecule has 0 radical (unpaired) electrons. The molecule has 4 aliphatic rings. The largest absolute Gasteiger partial charge is 0.349 e. The summed E-state index contributed by atoms with van der Waals surface area (Å²) in [6, 6.07) is 9.19. The van der Waals surface area contributed by atoms with Crippen molar-refractivity contribution in [3.63, 3.8) is 0 Å². The van der Waals surface area contributed by atoms with Crippen molar-refractivity contribution in [1.29, 1.82) is 0 Å². The SMILES string of the molecule is Cc1cnc(C(=O)NC(Cc2ccccc2)C(=O)NC23CC4CC(CC(C4)C2)C3)cn1. The molecule has 1 aromatic heterocycles. The predicted molar refractivity (Wildman–Crippen MR) is 117 cm³/mol. The maximum atomic E-state index is 13.5. The number of nitrogens with one attached hydrogen (secondary N) is 2. The number of rotatable bonds is 6. The van der Waals surface area contributed by atoms with Gasteiger partial charge >= 0.3 is 0 Å². The van der Waals surface area contributed by atoms with E-state index in [-0.39, 0.29) is 23.0 Å². The lowest BCUT2D eigenvalue weighted by atomic mass is 9.53. The predicted octanol–water partition coefficient (Wildman–Crippen LogP) is 3.21. The molecule has 162 valence electrons. The Morgan fingerprint density at radius 3 is 2.23 bits per heavy atom. The maximum absolute atomic E-state index is 13.5. The second-order valence-electron chi connectivity index (χ2n) is 9.95. The van der Waals surface area contributed by atoms with Crippen LogP contribution in [0.4, 0.5) is 0 Å². The molecule has 1 heterocycles. The Labute approximate surface area is 183 Å². The fraction of sp³-hybridized carbons (Fsp3) is 0.520. The maximum Gasteiger partial charge on any atom is 0.272 e. The summed E-state index contributed by atoms with van der Waals surface area (Å²) in [6.45, 7) is 1.83. The van der Waals surface area contributed by atoms with Crippen LogP contribution in [0.3, 0.4) is 0 Å². The molecule has 1 atom stereocenters. The van der Waals surface area contributed by atoms with Gasteiger partial charge in [-0.2, -0.15) is 0 Å². The molecule has 4 fully saturated rings. The average Bonchev–Trinajstić information content (AvgIpc) is 2.73. The van der Waals surface area contributed by atoms with Gasteiger partial charge in [0.05, 0.1) is 11.9 Å².